The van der Waals surface area contributed by atoms with Gasteiger partial charge in [0.1, 0.15) is 17.3 Å². The minimum Gasteiger partial charge on any atom is -0.346 e. The van der Waals surface area contributed by atoms with Crippen molar-refractivity contribution in [1.29, 1.82) is 0 Å². The Hall–Kier alpha value is -2.78. The molecule has 0 aromatic carbocycles. The minimum absolute atomic E-state index is 0.0648. The smallest absolute Gasteiger partial charge is 0.239 e. The molecular weight excluding hydrogens is 475 g/mol. The summed E-state index contributed by atoms with van der Waals surface area (Å²) in [5.41, 5.74) is 6.99. The fourth-order valence-corrected chi connectivity index (χ4v) is 7.53. The van der Waals surface area contributed by atoms with Crippen molar-refractivity contribution in [3.05, 3.63) is 40.2 Å². The van der Waals surface area contributed by atoms with Crippen molar-refractivity contribution in [2.24, 2.45) is 0 Å². The van der Waals surface area contributed by atoms with E-state index in [1.54, 1.807) is 6.33 Å². The zero-order valence-electron chi connectivity index (χ0n) is 21.3. The van der Waals surface area contributed by atoms with Crippen molar-refractivity contribution >= 4 is 33.1 Å². The van der Waals surface area contributed by atoms with Gasteiger partial charge in [0.2, 0.25) is 5.91 Å². The molecule has 2 atom stereocenters. The van der Waals surface area contributed by atoms with Gasteiger partial charge >= 0.3 is 0 Å². The van der Waals surface area contributed by atoms with E-state index in [4.69, 9.17) is 0 Å². The third kappa shape index (κ3) is 3.84. The van der Waals surface area contributed by atoms with Crippen LogP contribution in [-0.4, -0.2) is 62.2 Å². The molecule has 0 unspecified atom stereocenters. The van der Waals surface area contributed by atoms with E-state index in [0.29, 0.717) is 24.8 Å². The number of carbonyl (C=O) groups is 1. The Balaban J connectivity index is 1.29. The summed E-state index contributed by atoms with van der Waals surface area (Å²) in [6.07, 6.45) is 4.96. The number of hydrogen-bond donors (Lipinski definition) is 2. The highest BCUT2D eigenvalue weighted by molar-refractivity contribution is 7.19. The molecule has 2 fully saturated rings. The summed E-state index contributed by atoms with van der Waals surface area (Å²) in [5.74, 6) is 0.872. The number of aromatic nitrogens is 4. The normalized spacial score (nSPS) is 21.4. The van der Waals surface area contributed by atoms with Crippen molar-refractivity contribution in [1.82, 2.24) is 29.8 Å². The summed E-state index contributed by atoms with van der Waals surface area (Å²) in [6.45, 7) is 10.6. The summed E-state index contributed by atoms with van der Waals surface area (Å²) >= 11 is 1.87. The lowest BCUT2D eigenvalue weighted by molar-refractivity contribution is -0.134. The molecule has 2 aliphatic rings. The summed E-state index contributed by atoms with van der Waals surface area (Å²) in [7, 11) is 0. The van der Waals surface area contributed by atoms with Crippen LogP contribution in [0.3, 0.4) is 0 Å². The number of aryl methyl sites for hydroxylation is 2. The number of H-pyrrole nitrogens is 1. The molecule has 0 spiro atoms. The van der Waals surface area contributed by atoms with Gasteiger partial charge in [0.15, 0.2) is 5.65 Å². The molecule has 9 heteroatoms. The average molecular weight is 509 g/mol. The Bertz CT molecular complexity index is 1440. The van der Waals surface area contributed by atoms with E-state index in [9.17, 15) is 9.18 Å². The molecule has 0 aliphatic carbocycles. The molecule has 6 heterocycles. The second-order valence-electron chi connectivity index (χ2n) is 10.7. The van der Waals surface area contributed by atoms with Crippen LogP contribution in [-0.2, 0) is 4.79 Å². The quantitative estimate of drug-likeness (QED) is 0.403. The van der Waals surface area contributed by atoms with Gasteiger partial charge in [0.25, 0.3) is 0 Å². The van der Waals surface area contributed by atoms with Crippen molar-refractivity contribution in [2.45, 2.75) is 71.0 Å². The Labute approximate surface area is 214 Å². The number of thiophene rings is 1. The van der Waals surface area contributed by atoms with Crippen molar-refractivity contribution in [2.75, 3.05) is 19.6 Å². The van der Waals surface area contributed by atoms with E-state index in [1.165, 1.54) is 26.2 Å². The number of pyridine rings is 1. The number of rotatable bonds is 4. The molecule has 0 saturated carbocycles. The molecule has 7 nitrogen and oxygen atoms in total. The van der Waals surface area contributed by atoms with Crippen LogP contribution in [0.15, 0.2) is 18.6 Å². The molecule has 2 aliphatic heterocycles. The molecule has 4 aromatic rings. The van der Waals surface area contributed by atoms with Gasteiger partial charge in [-0.05, 0) is 61.3 Å². The first kappa shape index (κ1) is 23.6. The summed E-state index contributed by atoms with van der Waals surface area (Å²) in [4.78, 5) is 25.5. The molecule has 36 heavy (non-hydrogen) atoms. The lowest BCUT2D eigenvalue weighted by Gasteiger charge is -2.33. The van der Waals surface area contributed by atoms with Crippen LogP contribution in [0, 0.1) is 13.8 Å². The fraction of sp³-hybridized carbons (Fsp3) is 0.519. The van der Waals surface area contributed by atoms with E-state index in [1.807, 2.05) is 20.8 Å². The zero-order valence-corrected chi connectivity index (χ0v) is 22.1. The fourth-order valence-electron chi connectivity index (χ4n) is 6.14. The lowest BCUT2D eigenvalue weighted by Crippen LogP contribution is -2.46. The highest BCUT2D eigenvalue weighted by Gasteiger charge is 2.35. The van der Waals surface area contributed by atoms with Gasteiger partial charge < -0.3 is 15.2 Å². The molecule has 6 rings (SSSR count). The Morgan fingerprint density at radius 1 is 1.25 bits per heavy atom. The van der Waals surface area contributed by atoms with E-state index < -0.39 is 6.17 Å². The monoisotopic (exact) mass is 508 g/mol. The molecular formula is C27H33FN6OS. The highest BCUT2D eigenvalue weighted by atomic mass is 32.1. The molecule has 2 N–H and O–H groups in total. The number of alkyl halides is 1. The van der Waals surface area contributed by atoms with E-state index in [-0.39, 0.29) is 11.9 Å². The van der Waals surface area contributed by atoms with Gasteiger partial charge in [-0.15, -0.1) is 11.3 Å². The lowest BCUT2D eigenvalue weighted by atomic mass is 9.90. The topological polar surface area (TPSA) is 78.3 Å². The van der Waals surface area contributed by atoms with Crippen LogP contribution >= 0.6 is 11.3 Å². The second kappa shape index (κ2) is 8.95. The largest absolute Gasteiger partial charge is 0.346 e. The number of piperidine rings is 1. The maximum absolute atomic E-state index is 13.6. The number of amides is 1. The van der Waals surface area contributed by atoms with Crippen LogP contribution in [0.25, 0.3) is 27.1 Å². The highest BCUT2D eigenvalue weighted by Crippen LogP contribution is 2.46. The molecule has 0 bridgehead atoms. The van der Waals surface area contributed by atoms with Crippen LogP contribution < -0.4 is 5.32 Å². The van der Waals surface area contributed by atoms with Gasteiger partial charge in [-0.3, -0.25) is 4.79 Å². The van der Waals surface area contributed by atoms with Crippen molar-refractivity contribution < 1.29 is 9.18 Å². The Kier molecular flexibility index (Phi) is 5.87. The van der Waals surface area contributed by atoms with Gasteiger partial charge in [-0.25, -0.2) is 13.9 Å². The van der Waals surface area contributed by atoms with Crippen molar-refractivity contribution in [3.63, 3.8) is 0 Å². The number of aromatic amines is 1. The first-order valence-corrected chi connectivity index (χ1v) is 13.7. The Morgan fingerprint density at radius 2 is 2.03 bits per heavy atom. The first-order valence-electron chi connectivity index (χ1n) is 12.9. The molecule has 190 valence electrons. The average Bonchev–Trinajstić information content (AvgIpc) is 3.63. The summed E-state index contributed by atoms with van der Waals surface area (Å²) in [6, 6.07) is 1.84. The van der Waals surface area contributed by atoms with Gasteiger partial charge in [-0.2, -0.15) is 5.10 Å². The van der Waals surface area contributed by atoms with Crippen LogP contribution in [0.5, 0.6) is 0 Å². The standard InChI is InChI=1S/C27H33FN6OS/c1-14(2)21-22-16(4)24(17-5-7-33(8-6-17)27(35)20-10-19(28)11-29-20)36-26(22)32-23(21)18-9-15(3)25-30-13-31-34(25)12-18/h9,12-14,17,19-20,29,32H,5-8,10-11H2,1-4H3/t19-,20-/m0/s1. The predicted molar refractivity (Wildman–Crippen MR) is 142 cm³/mol. The van der Waals surface area contributed by atoms with E-state index in [0.717, 1.165) is 48.4 Å². The number of hydrogen-bond acceptors (Lipinski definition) is 5. The second-order valence-corrected chi connectivity index (χ2v) is 11.7. The van der Waals surface area contributed by atoms with Crippen molar-refractivity contribution in [3.8, 4) is 11.3 Å². The molecule has 2 saturated heterocycles. The van der Waals surface area contributed by atoms with Crippen LogP contribution in [0.4, 0.5) is 4.39 Å². The number of nitrogens with one attached hydrogen (secondary N) is 2. The summed E-state index contributed by atoms with van der Waals surface area (Å²) in [5, 5.41) is 8.75. The van der Waals surface area contributed by atoms with Gasteiger partial charge in [-0.1, -0.05) is 13.8 Å². The van der Waals surface area contributed by atoms with Crippen LogP contribution in [0.1, 0.15) is 66.5 Å². The first-order chi connectivity index (χ1) is 17.3. The third-order valence-electron chi connectivity index (χ3n) is 7.94. The third-order valence-corrected chi connectivity index (χ3v) is 9.31. The number of nitrogens with zero attached hydrogens (tertiary/aromatic N) is 4. The summed E-state index contributed by atoms with van der Waals surface area (Å²) < 4.78 is 15.4. The maximum Gasteiger partial charge on any atom is 0.239 e. The van der Waals surface area contributed by atoms with Gasteiger partial charge in [0.05, 0.1) is 11.7 Å². The predicted octanol–water partition coefficient (Wildman–Crippen LogP) is 5.09. The molecule has 1 amide bonds. The minimum atomic E-state index is -0.907. The molecule has 0 radical (unpaired) electrons. The Morgan fingerprint density at radius 3 is 2.72 bits per heavy atom. The SMILES string of the molecule is Cc1c(C2CCN(C(=O)[C@@H]3C[C@H](F)CN3)CC2)sc2[nH]c(-c3cc(C)c4ncnn4c3)c(C(C)C)c12. The number of fused-ring (bicyclic) bond motifs is 2. The maximum atomic E-state index is 13.6. The van der Waals surface area contributed by atoms with E-state index in [2.05, 4.69) is 60.3 Å². The number of carbonyl (C=O) groups excluding carboxylic acids is 1. The van der Waals surface area contributed by atoms with Gasteiger partial charge in [0, 0.05) is 48.1 Å². The number of halogens is 1. The number of likely N-dealkylation sites (tertiary alicyclic amines) is 1. The van der Waals surface area contributed by atoms with E-state index >= 15 is 0 Å². The zero-order chi connectivity index (χ0) is 25.1. The van der Waals surface area contributed by atoms with Crippen LogP contribution in [0.2, 0.25) is 0 Å². The molecule has 4 aromatic heterocycles.